The van der Waals surface area contributed by atoms with E-state index in [0.29, 0.717) is 35.2 Å². The smallest absolute Gasteiger partial charge is 0.410 e. The van der Waals surface area contributed by atoms with Gasteiger partial charge in [0.25, 0.3) is 0 Å². The first-order valence-electron chi connectivity index (χ1n) is 20.3. The second kappa shape index (κ2) is 13.4. The molecule has 4 saturated carbocycles. The number of fused-ring (bicyclic) bond motifs is 7. The summed E-state index contributed by atoms with van der Waals surface area (Å²) in [6.45, 7) is 24.6. The number of ether oxygens (including phenoxy) is 2. The molecule has 0 radical (unpaired) electrons. The molecule has 0 spiro atoms. The van der Waals surface area contributed by atoms with Gasteiger partial charge in [-0.25, -0.2) is 4.79 Å². The first kappa shape index (κ1) is 39.4. The molecule has 1 amide bonds. The SMILES string of the molecule is CC(=O)O[C@H]1CC[C@@]2(C)C(CC[C@]3(C)[C@@H]2CC[C@@H]2C4=C(C(C)C)CC[C@]4(C(=O)CN(Cc4ccc(Cl)cc4)C(=O)OC(C)(C)C)CC[C@]23C)C1(C)C. The van der Waals surface area contributed by atoms with Crippen molar-refractivity contribution in [3.8, 4) is 0 Å². The molecule has 0 bridgehead atoms. The number of allylic oxidation sites excluding steroid dienone is 2. The molecule has 1 unspecified atom stereocenters. The Morgan fingerprint density at radius 3 is 2.15 bits per heavy atom. The Morgan fingerprint density at radius 2 is 1.54 bits per heavy atom. The number of nitrogens with zero attached hydrogens (tertiary/aromatic N) is 1. The fourth-order valence-electron chi connectivity index (χ4n) is 13.1. The average molecular weight is 736 g/mol. The number of Topliss-reactive ketones (excluding diaryl/α,β-unsaturated/α-hetero) is 1. The van der Waals surface area contributed by atoms with Crippen LogP contribution in [0.2, 0.25) is 5.02 Å². The van der Waals surface area contributed by atoms with Crippen molar-refractivity contribution in [2.45, 2.75) is 159 Å². The highest BCUT2D eigenvalue weighted by atomic mass is 35.5. The quantitative estimate of drug-likeness (QED) is 0.206. The maximum atomic E-state index is 15.1. The topological polar surface area (TPSA) is 72.9 Å². The summed E-state index contributed by atoms with van der Waals surface area (Å²) < 4.78 is 11.9. The van der Waals surface area contributed by atoms with Gasteiger partial charge < -0.3 is 9.47 Å². The first-order chi connectivity index (χ1) is 24.1. The largest absolute Gasteiger partial charge is 0.462 e. The molecule has 0 aliphatic heterocycles. The van der Waals surface area contributed by atoms with Gasteiger partial charge >= 0.3 is 12.1 Å². The van der Waals surface area contributed by atoms with E-state index in [1.807, 2.05) is 45.0 Å². The van der Waals surface area contributed by atoms with Gasteiger partial charge in [0.1, 0.15) is 11.7 Å². The Morgan fingerprint density at radius 1 is 0.865 bits per heavy atom. The van der Waals surface area contributed by atoms with Gasteiger partial charge in [0.05, 0.1) is 12.0 Å². The van der Waals surface area contributed by atoms with Crippen LogP contribution in [0, 0.1) is 50.7 Å². The lowest BCUT2D eigenvalue weighted by atomic mass is 9.33. The van der Waals surface area contributed by atoms with Gasteiger partial charge in [-0.3, -0.25) is 14.5 Å². The second-order valence-electron chi connectivity index (χ2n) is 20.1. The highest BCUT2D eigenvalue weighted by Gasteiger charge is 2.70. The third kappa shape index (κ3) is 6.37. The number of carbonyl (C=O) groups is 3. The van der Waals surface area contributed by atoms with Gasteiger partial charge in [0.15, 0.2) is 5.78 Å². The molecule has 0 saturated heterocycles. The number of benzene rings is 1. The van der Waals surface area contributed by atoms with Crippen molar-refractivity contribution in [3.63, 3.8) is 0 Å². The highest BCUT2D eigenvalue weighted by molar-refractivity contribution is 6.30. The minimum absolute atomic E-state index is 0.0298. The van der Waals surface area contributed by atoms with Crippen LogP contribution >= 0.6 is 11.6 Å². The summed E-state index contributed by atoms with van der Waals surface area (Å²) >= 11 is 6.20. The number of hydrogen-bond donors (Lipinski definition) is 0. The van der Waals surface area contributed by atoms with E-state index in [-0.39, 0.29) is 46.1 Å². The molecule has 1 aromatic carbocycles. The molecule has 1 aromatic rings. The lowest BCUT2D eigenvalue weighted by Crippen LogP contribution is -2.66. The van der Waals surface area contributed by atoms with E-state index in [2.05, 4.69) is 48.5 Å². The van der Waals surface area contributed by atoms with E-state index in [1.54, 1.807) is 11.8 Å². The Bertz CT molecular complexity index is 1610. The summed E-state index contributed by atoms with van der Waals surface area (Å²) in [5.41, 5.74) is 2.95. The summed E-state index contributed by atoms with van der Waals surface area (Å²) in [6.07, 6.45) is 9.79. The molecule has 6 nitrogen and oxygen atoms in total. The zero-order chi connectivity index (χ0) is 38.2. The Kier molecular flexibility index (Phi) is 10.2. The van der Waals surface area contributed by atoms with Crippen LogP contribution in [0.5, 0.6) is 0 Å². The molecule has 288 valence electrons. The van der Waals surface area contributed by atoms with Gasteiger partial charge in [-0.1, -0.05) is 83.3 Å². The van der Waals surface area contributed by atoms with Crippen molar-refractivity contribution < 1.29 is 23.9 Å². The van der Waals surface area contributed by atoms with Crippen LogP contribution < -0.4 is 0 Å². The molecule has 52 heavy (non-hydrogen) atoms. The van der Waals surface area contributed by atoms with Crippen molar-refractivity contribution in [1.82, 2.24) is 4.90 Å². The normalized spacial score (nSPS) is 36.6. The molecule has 8 atom stereocenters. The van der Waals surface area contributed by atoms with Crippen LogP contribution in [0.25, 0.3) is 0 Å². The van der Waals surface area contributed by atoms with E-state index >= 15 is 4.79 Å². The molecule has 7 heteroatoms. The molecule has 5 aliphatic carbocycles. The van der Waals surface area contributed by atoms with Gasteiger partial charge in [0, 0.05) is 23.9 Å². The van der Waals surface area contributed by atoms with Crippen molar-refractivity contribution in [3.05, 3.63) is 46.0 Å². The number of esters is 1. The van der Waals surface area contributed by atoms with Crippen LogP contribution in [-0.4, -0.2) is 41.0 Å². The Labute approximate surface area is 319 Å². The maximum Gasteiger partial charge on any atom is 0.410 e. The zero-order valence-electron chi connectivity index (χ0n) is 34.0. The van der Waals surface area contributed by atoms with Gasteiger partial charge in [-0.05, 0) is 143 Å². The number of amides is 1. The van der Waals surface area contributed by atoms with Crippen LogP contribution in [0.15, 0.2) is 35.4 Å². The molecule has 6 rings (SSSR count). The number of carbonyl (C=O) groups excluding carboxylic acids is 3. The minimum Gasteiger partial charge on any atom is -0.462 e. The summed E-state index contributed by atoms with van der Waals surface area (Å²) in [7, 11) is 0. The molecule has 0 heterocycles. The molecular formula is C45H66ClNO5. The minimum atomic E-state index is -0.675. The fraction of sp³-hybridized carbons (Fsp3) is 0.756. The fourth-order valence-corrected chi connectivity index (χ4v) is 13.3. The third-order valence-corrected chi connectivity index (χ3v) is 16.0. The maximum absolute atomic E-state index is 15.1. The summed E-state index contributed by atoms with van der Waals surface area (Å²) in [5.74, 6) is 1.81. The van der Waals surface area contributed by atoms with Crippen molar-refractivity contribution >= 4 is 29.4 Å². The molecule has 4 fully saturated rings. The molecule has 5 aliphatic rings. The van der Waals surface area contributed by atoms with Gasteiger partial charge in [-0.15, -0.1) is 0 Å². The van der Waals surface area contributed by atoms with Crippen molar-refractivity contribution in [2.24, 2.45) is 50.7 Å². The molecule has 0 aromatic heterocycles. The number of hydrogen-bond acceptors (Lipinski definition) is 5. The standard InChI is InChI=1S/C45H66ClNO5/c1-28(2)32-18-23-45(36(49)27-47(39(50)52-40(4,5)6)26-30-12-14-31(46)15-13-30)25-24-43(10)33(38(32)45)16-17-35-42(9)21-20-37(51-29(3)48)41(7,8)34(42)19-22-44(35,43)11/h12-15,28,33-35,37H,16-27H2,1-11H3/t33-,34?,35-,37+,42+,43-,44-,45-/m1/s1. The van der Waals surface area contributed by atoms with Crippen LogP contribution in [-0.2, 0) is 25.6 Å². The summed E-state index contributed by atoms with van der Waals surface area (Å²) in [4.78, 5) is 42.6. The molecule has 0 N–H and O–H groups in total. The van der Waals surface area contributed by atoms with Gasteiger partial charge in [-0.2, -0.15) is 0 Å². The van der Waals surface area contributed by atoms with Gasteiger partial charge in [0.2, 0.25) is 0 Å². The predicted octanol–water partition coefficient (Wildman–Crippen LogP) is 11.4. The number of halogens is 1. The van der Waals surface area contributed by atoms with E-state index in [1.165, 1.54) is 17.6 Å². The Hall–Kier alpha value is -2.34. The van der Waals surface area contributed by atoms with E-state index in [0.717, 1.165) is 63.4 Å². The lowest BCUT2D eigenvalue weighted by molar-refractivity contribution is -0.232. The van der Waals surface area contributed by atoms with Crippen LogP contribution in [0.3, 0.4) is 0 Å². The average Bonchev–Trinajstić information content (AvgIpc) is 3.44. The van der Waals surface area contributed by atoms with Crippen LogP contribution in [0.1, 0.15) is 146 Å². The zero-order valence-corrected chi connectivity index (χ0v) is 34.8. The number of rotatable bonds is 7. The van der Waals surface area contributed by atoms with E-state index < -0.39 is 17.1 Å². The highest BCUT2D eigenvalue weighted by Crippen LogP contribution is 2.77. The Balaban J connectivity index is 1.33. The molecular weight excluding hydrogens is 670 g/mol. The predicted molar refractivity (Wildman–Crippen MR) is 208 cm³/mol. The third-order valence-electron chi connectivity index (χ3n) is 15.7. The lowest BCUT2D eigenvalue weighted by Gasteiger charge is -2.72. The van der Waals surface area contributed by atoms with Crippen molar-refractivity contribution in [2.75, 3.05) is 6.54 Å². The monoisotopic (exact) mass is 735 g/mol. The van der Waals surface area contributed by atoms with Crippen molar-refractivity contribution in [1.29, 1.82) is 0 Å². The van der Waals surface area contributed by atoms with E-state index in [9.17, 15) is 9.59 Å². The van der Waals surface area contributed by atoms with E-state index in [4.69, 9.17) is 21.1 Å². The van der Waals surface area contributed by atoms with Crippen LogP contribution in [0.4, 0.5) is 4.79 Å². The summed E-state index contributed by atoms with van der Waals surface area (Å²) in [5, 5.41) is 0.638. The number of ketones is 1. The summed E-state index contributed by atoms with van der Waals surface area (Å²) in [6, 6.07) is 7.50. The first-order valence-corrected chi connectivity index (χ1v) is 20.6. The second-order valence-corrected chi connectivity index (χ2v) is 20.6.